The van der Waals surface area contributed by atoms with Gasteiger partial charge in [-0.25, -0.2) is 0 Å². The summed E-state index contributed by atoms with van der Waals surface area (Å²) in [7, 11) is 0. The van der Waals surface area contributed by atoms with Gasteiger partial charge in [-0.15, -0.1) is 0 Å². The molecule has 1 saturated carbocycles. The van der Waals surface area contributed by atoms with Crippen molar-refractivity contribution in [2.75, 3.05) is 0 Å². The van der Waals surface area contributed by atoms with E-state index in [4.69, 9.17) is 0 Å². The van der Waals surface area contributed by atoms with E-state index < -0.39 is 0 Å². The number of rotatable bonds is 2. The minimum Gasteiger partial charge on any atom is -0.0625 e. The van der Waals surface area contributed by atoms with E-state index in [-0.39, 0.29) is 0 Å². The maximum atomic E-state index is 2.39. The van der Waals surface area contributed by atoms with Crippen molar-refractivity contribution >= 4 is 0 Å². The first kappa shape index (κ1) is 14.4. The Bertz CT molecular complexity index is 598. The van der Waals surface area contributed by atoms with Crippen molar-refractivity contribution in [3.63, 3.8) is 0 Å². The maximum Gasteiger partial charge on any atom is -0.0152 e. The lowest BCUT2D eigenvalue weighted by molar-refractivity contribution is 0.348. The maximum absolute atomic E-state index is 2.39. The van der Waals surface area contributed by atoms with Crippen LogP contribution in [0.1, 0.15) is 55.2 Å². The number of hydrogen-bond acceptors (Lipinski definition) is 0. The molecule has 0 amide bonds. The van der Waals surface area contributed by atoms with E-state index in [9.17, 15) is 0 Å². The van der Waals surface area contributed by atoms with Gasteiger partial charge in [0.1, 0.15) is 0 Å². The molecule has 0 heteroatoms. The van der Waals surface area contributed by atoms with E-state index in [1.807, 2.05) is 0 Å². The first-order valence-electron chi connectivity index (χ1n) is 8.31. The molecule has 1 fully saturated rings. The van der Waals surface area contributed by atoms with Crippen molar-refractivity contribution in [2.45, 2.75) is 52.4 Å². The van der Waals surface area contributed by atoms with E-state index in [1.54, 1.807) is 0 Å². The van der Waals surface area contributed by atoms with Crippen LogP contribution in [0.5, 0.6) is 0 Å². The zero-order valence-corrected chi connectivity index (χ0v) is 13.5. The molecule has 110 valence electrons. The Morgan fingerprint density at radius 3 is 2.14 bits per heavy atom. The Morgan fingerprint density at radius 2 is 1.48 bits per heavy atom. The second-order valence-corrected chi connectivity index (χ2v) is 6.83. The van der Waals surface area contributed by atoms with Crippen LogP contribution < -0.4 is 0 Å². The van der Waals surface area contributed by atoms with E-state index >= 15 is 0 Å². The third-order valence-corrected chi connectivity index (χ3v) is 5.31. The van der Waals surface area contributed by atoms with Crippen LogP contribution in [0.25, 0.3) is 11.1 Å². The van der Waals surface area contributed by atoms with Gasteiger partial charge in [-0.3, -0.25) is 0 Å². The third-order valence-electron chi connectivity index (χ3n) is 5.31. The molecule has 0 radical (unpaired) electrons. The van der Waals surface area contributed by atoms with E-state index in [0.29, 0.717) is 0 Å². The zero-order valence-electron chi connectivity index (χ0n) is 13.5. The highest BCUT2D eigenvalue weighted by atomic mass is 14.2. The van der Waals surface area contributed by atoms with Crippen molar-refractivity contribution in [3.8, 4) is 11.1 Å². The van der Waals surface area contributed by atoms with E-state index in [1.165, 1.54) is 53.5 Å². The van der Waals surface area contributed by atoms with Crippen LogP contribution in [0.4, 0.5) is 0 Å². The minimum atomic E-state index is 0.786. The van der Waals surface area contributed by atoms with Gasteiger partial charge in [0.05, 0.1) is 0 Å². The fourth-order valence-corrected chi connectivity index (χ4v) is 3.59. The minimum absolute atomic E-state index is 0.786. The monoisotopic (exact) mass is 278 g/mol. The van der Waals surface area contributed by atoms with Gasteiger partial charge >= 0.3 is 0 Å². The standard InChI is InChI=1S/C21H26/c1-15-7-9-18(10-8-15)19-11-13-20(14-12-19)21-6-4-5-16(2)17(21)3/h4-6,11-15,18H,7-10H2,1-3H3. The molecule has 0 unspecified atom stereocenters. The number of hydrogen-bond donors (Lipinski definition) is 0. The van der Waals surface area contributed by atoms with Gasteiger partial charge in [0.15, 0.2) is 0 Å². The van der Waals surface area contributed by atoms with Gasteiger partial charge in [-0.1, -0.05) is 62.2 Å². The molecule has 2 aromatic carbocycles. The van der Waals surface area contributed by atoms with Gasteiger partial charge in [-0.2, -0.15) is 0 Å². The Balaban J connectivity index is 1.82. The highest BCUT2D eigenvalue weighted by Crippen LogP contribution is 2.36. The smallest absolute Gasteiger partial charge is 0.0152 e. The molecule has 0 saturated heterocycles. The summed E-state index contributed by atoms with van der Waals surface area (Å²) in [6, 6.07) is 15.9. The molecule has 21 heavy (non-hydrogen) atoms. The summed E-state index contributed by atoms with van der Waals surface area (Å²) in [4.78, 5) is 0. The molecule has 0 aromatic heterocycles. The van der Waals surface area contributed by atoms with Crippen molar-refractivity contribution in [1.29, 1.82) is 0 Å². The lowest BCUT2D eigenvalue weighted by Gasteiger charge is -2.26. The van der Waals surface area contributed by atoms with Crippen LogP contribution in [0.15, 0.2) is 42.5 Å². The summed E-state index contributed by atoms with van der Waals surface area (Å²) in [5, 5.41) is 0. The van der Waals surface area contributed by atoms with Gasteiger partial charge < -0.3 is 0 Å². The summed E-state index contributed by atoms with van der Waals surface area (Å²) in [5.41, 5.74) is 7.04. The molecule has 1 aliphatic rings. The van der Waals surface area contributed by atoms with Crippen molar-refractivity contribution in [2.24, 2.45) is 5.92 Å². The zero-order chi connectivity index (χ0) is 14.8. The molecule has 0 heterocycles. The average molecular weight is 278 g/mol. The van der Waals surface area contributed by atoms with Crippen molar-refractivity contribution < 1.29 is 0 Å². The molecule has 0 nitrogen and oxygen atoms in total. The summed E-state index contributed by atoms with van der Waals surface area (Å²) in [6.07, 6.45) is 5.51. The Labute approximate surface area is 129 Å². The van der Waals surface area contributed by atoms with Gasteiger partial charge in [0.25, 0.3) is 0 Å². The van der Waals surface area contributed by atoms with Gasteiger partial charge in [0.2, 0.25) is 0 Å². The molecule has 0 N–H and O–H groups in total. The summed E-state index contributed by atoms with van der Waals surface area (Å²) < 4.78 is 0. The summed E-state index contributed by atoms with van der Waals surface area (Å²) in [6.45, 7) is 6.80. The predicted molar refractivity (Wildman–Crippen MR) is 91.7 cm³/mol. The van der Waals surface area contributed by atoms with Crippen LogP contribution in [-0.4, -0.2) is 0 Å². The normalized spacial score (nSPS) is 22.2. The summed E-state index contributed by atoms with van der Waals surface area (Å²) in [5.74, 6) is 1.71. The lowest BCUT2D eigenvalue weighted by Crippen LogP contribution is -2.10. The SMILES string of the molecule is Cc1cccc(-c2ccc(C3CCC(C)CC3)cc2)c1C. The molecule has 1 aliphatic carbocycles. The molecule has 3 rings (SSSR count). The van der Waals surface area contributed by atoms with Crippen molar-refractivity contribution in [1.82, 2.24) is 0 Å². The molecule has 0 atom stereocenters. The topological polar surface area (TPSA) is 0 Å². The van der Waals surface area contributed by atoms with Gasteiger partial charge in [0, 0.05) is 0 Å². The molecule has 0 aliphatic heterocycles. The fraction of sp³-hybridized carbons (Fsp3) is 0.429. The second kappa shape index (κ2) is 6.05. The van der Waals surface area contributed by atoms with Crippen LogP contribution in [0.3, 0.4) is 0 Å². The predicted octanol–water partition coefficient (Wildman–Crippen LogP) is 6.26. The molecule has 0 spiro atoms. The third kappa shape index (κ3) is 3.05. The van der Waals surface area contributed by atoms with Gasteiger partial charge in [-0.05, 0) is 66.3 Å². The molecular formula is C21H26. The quantitative estimate of drug-likeness (QED) is 0.608. The molecule has 0 bridgehead atoms. The van der Waals surface area contributed by atoms with E-state index in [2.05, 4.69) is 63.2 Å². The molecule has 2 aromatic rings. The number of aryl methyl sites for hydroxylation is 1. The van der Waals surface area contributed by atoms with Crippen LogP contribution in [0, 0.1) is 19.8 Å². The van der Waals surface area contributed by atoms with Crippen LogP contribution in [0.2, 0.25) is 0 Å². The average Bonchev–Trinajstić information content (AvgIpc) is 2.51. The fourth-order valence-electron chi connectivity index (χ4n) is 3.59. The first-order valence-corrected chi connectivity index (χ1v) is 8.31. The molecular weight excluding hydrogens is 252 g/mol. The Hall–Kier alpha value is -1.56. The highest BCUT2D eigenvalue weighted by molar-refractivity contribution is 5.68. The second-order valence-electron chi connectivity index (χ2n) is 6.83. The summed E-state index contributed by atoms with van der Waals surface area (Å²) >= 11 is 0. The first-order chi connectivity index (χ1) is 10.1. The lowest BCUT2D eigenvalue weighted by atomic mass is 9.79. The van der Waals surface area contributed by atoms with Crippen molar-refractivity contribution in [3.05, 3.63) is 59.2 Å². The largest absolute Gasteiger partial charge is 0.0625 e. The highest BCUT2D eigenvalue weighted by Gasteiger charge is 2.19. The van der Waals surface area contributed by atoms with E-state index in [0.717, 1.165) is 11.8 Å². The van der Waals surface area contributed by atoms with Crippen LogP contribution in [-0.2, 0) is 0 Å². The Kier molecular flexibility index (Phi) is 4.14. The van der Waals surface area contributed by atoms with Crippen LogP contribution >= 0.6 is 0 Å². The number of benzene rings is 2. The Morgan fingerprint density at radius 1 is 0.810 bits per heavy atom.